The summed E-state index contributed by atoms with van der Waals surface area (Å²) in [5, 5.41) is 22.5. The van der Waals surface area contributed by atoms with E-state index >= 15 is 0 Å². The zero-order chi connectivity index (χ0) is 13.3. The Morgan fingerprint density at radius 1 is 1.53 bits per heavy atom. The molecule has 1 aliphatic heterocycles. The number of nitrogens with two attached hydrogens (primary N) is 2. The van der Waals surface area contributed by atoms with Gasteiger partial charge in [-0.05, 0) is 25.6 Å². The van der Waals surface area contributed by atoms with Crippen molar-refractivity contribution < 1.29 is 18.5 Å². The van der Waals surface area contributed by atoms with Gasteiger partial charge in [-0.1, -0.05) is 6.42 Å². The zero-order valence-electron chi connectivity index (χ0n) is 9.91. The minimum Gasteiger partial charge on any atom is -0.427 e. The van der Waals surface area contributed by atoms with Gasteiger partial charge in [0.25, 0.3) is 10.2 Å². The highest BCUT2D eigenvalue weighted by Crippen LogP contribution is 2.30. The number of rotatable bonds is 5. The summed E-state index contributed by atoms with van der Waals surface area (Å²) in [6.45, 7) is 2.30. The lowest BCUT2D eigenvalue weighted by Crippen LogP contribution is -2.45. The van der Waals surface area contributed by atoms with Crippen molar-refractivity contribution in [3.05, 3.63) is 0 Å². The Morgan fingerprint density at radius 2 is 2.12 bits per heavy atom. The maximum Gasteiger partial charge on any atom is 0.451 e. The fraction of sp³-hybridized carbons (Fsp3) is 1.00. The Labute approximate surface area is 102 Å². The standard InChI is InChI=1S/C8H20BN3O4S/c1-8(10)6-12(17(11,15)16)5-7(8)3-2-4-9(13)14/h7,13-14H,2-6,10H2,1H3,(H2,11,15,16)/t7-,8-/m0/s1. The first-order valence-corrected chi connectivity index (χ1v) is 7.06. The van der Waals surface area contributed by atoms with Gasteiger partial charge in [0.2, 0.25) is 0 Å². The predicted octanol–water partition coefficient (Wildman–Crippen LogP) is -1.91. The molecule has 100 valence electrons. The molecule has 6 N–H and O–H groups in total. The van der Waals surface area contributed by atoms with Gasteiger partial charge in [0, 0.05) is 18.6 Å². The average Bonchev–Trinajstić information content (AvgIpc) is 2.40. The van der Waals surface area contributed by atoms with Crippen LogP contribution in [0, 0.1) is 5.92 Å². The summed E-state index contributed by atoms with van der Waals surface area (Å²) >= 11 is 0. The first-order chi connectivity index (χ1) is 7.63. The molecule has 0 aromatic carbocycles. The van der Waals surface area contributed by atoms with Gasteiger partial charge in [0.1, 0.15) is 0 Å². The first-order valence-electron chi connectivity index (χ1n) is 5.56. The van der Waals surface area contributed by atoms with E-state index < -0.39 is 22.9 Å². The molecule has 1 heterocycles. The van der Waals surface area contributed by atoms with Crippen LogP contribution in [0.25, 0.3) is 0 Å². The normalized spacial score (nSPS) is 30.8. The van der Waals surface area contributed by atoms with Crippen molar-refractivity contribution in [2.24, 2.45) is 16.8 Å². The Kier molecular flexibility index (Phi) is 4.56. The highest BCUT2D eigenvalue weighted by molar-refractivity contribution is 7.86. The van der Waals surface area contributed by atoms with E-state index in [0.29, 0.717) is 19.4 Å². The van der Waals surface area contributed by atoms with Gasteiger partial charge < -0.3 is 15.8 Å². The molecule has 1 saturated heterocycles. The van der Waals surface area contributed by atoms with Gasteiger partial charge in [-0.2, -0.15) is 12.7 Å². The van der Waals surface area contributed by atoms with Crippen LogP contribution in [0.2, 0.25) is 6.32 Å². The van der Waals surface area contributed by atoms with E-state index in [4.69, 9.17) is 20.9 Å². The molecule has 17 heavy (non-hydrogen) atoms. The molecule has 0 radical (unpaired) electrons. The molecule has 0 aromatic heterocycles. The highest BCUT2D eigenvalue weighted by Gasteiger charge is 2.43. The second kappa shape index (κ2) is 5.21. The molecule has 9 heteroatoms. The fourth-order valence-electron chi connectivity index (χ4n) is 2.19. The number of hydrogen-bond donors (Lipinski definition) is 4. The van der Waals surface area contributed by atoms with Gasteiger partial charge in [0.15, 0.2) is 0 Å². The SMILES string of the molecule is C[C@]1(N)CN(S(N)(=O)=O)C[C@@H]1CCCB(O)O. The molecular weight excluding hydrogens is 245 g/mol. The third-order valence-corrected chi connectivity index (χ3v) is 4.25. The fourth-order valence-corrected chi connectivity index (χ4v) is 3.04. The largest absolute Gasteiger partial charge is 0.451 e. The van der Waals surface area contributed by atoms with Crippen molar-refractivity contribution >= 4 is 17.3 Å². The van der Waals surface area contributed by atoms with Crippen molar-refractivity contribution in [1.82, 2.24) is 4.31 Å². The van der Waals surface area contributed by atoms with Crippen LogP contribution in [0.3, 0.4) is 0 Å². The molecule has 0 amide bonds. The lowest BCUT2D eigenvalue weighted by Gasteiger charge is -2.25. The highest BCUT2D eigenvalue weighted by atomic mass is 32.2. The number of hydrogen-bond acceptors (Lipinski definition) is 5. The van der Waals surface area contributed by atoms with E-state index in [1.165, 1.54) is 4.31 Å². The summed E-state index contributed by atoms with van der Waals surface area (Å²) in [7, 11) is -5.02. The van der Waals surface area contributed by atoms with Crippen molar-refractivity contribution in [1.29, 1.82) is 0 Å². The quantitative estimate of drug-likeness (QED) is 0.431. The van der Waals surface area contributed by atoms with E-state index in [2.05, 4.69) is 0 Å². The van der Waals surface area contributed by atoms with E-state index in [9.17, 15) is 8.42 Å². The summed E-state index contributed by atoms with van der Waals surface area (Å²) in [5.74, 6) is -0.0143. The molecule has 1 fully saturated rings. The second-order valence-corrected chi connectivity index (χ2v) is 6.50. The Hall–Kier alpha value is -0.185. The van der Waals surface area contributed by atoms with Crippen LogP contribution in [-0.2, 0) is 10.2 Å². The van der Waals surface area contributed by atoms with E-state index in [-0.39, 0.29) is 18.8 Å². The summed E-state index contributed by atoms with van der Waals surface area (Å²) in [6.07, 6.45) is 1.51. The van der Waals surface area contributed by atoms with Gasteiger partial charge in [-0.3, -0.25) is 0 Å². The monoisotopic (exact) mass is 265 g/mol. The molecule has 2 atom stereocenters. The zero-order valence-corrected chi connectivity index (χ0v) is 10.7. The van der Waals surface area contributed by atoms with Crippen LogP contribution >= 0.6 is 0 Å². The van der Waals surface area contributed by atoms with Crippen molar-refractivity contribution in [2.75, 3.05) is 13.1 Å². The summed E-state index contributed by atoms with van der Waals surface area (Å²) < 4.78 is 23.6. The maximum absolute atomic E-state index is 11.2. The van der Waals surface area contributed by atoms with E-state index in [1.54, 1.807) is 6.92 Å². The number of nitrogens with zero attached hydrogens (tertiary/aromatic N) is 1. The van der Waals surface area contributed by atoms with Crippen LogP contribution in [0.5, 0.6) is 0 Å². The third kappa shape index (κ3) is 4.20. The molecule has 0 unspecified atom stereocenters. The van der Waals surface area contributed by atoms with Gasteiger partial charge >= 0.3 is 7.12 Å². The molecule has 0 aromatic rings. The Balaban J connectivity index is 2.56. The smallest absolute Gasteiger partial charge is 0.427 e. The molecule has 7 nitrogen and oxygen atoms in total. The van der Waals surface area contributed by atoms with Gasteiger partial charge in [-0.15, -0.1) is 0 Å². The maximum atomic E-state index is 11.2. The first kappa shape index (κ1) is 14.9. The minimum absolute atomic E-state index is 0.0143. The molecule has 1 aliphatic rings. The molecule has 1 rings (SSSR count). The van der Waals surface area contributed by atoms with Crippen LogP contribution in [-0.4, -0.2) is 48.5 Å². The van der Waals surface area contributed by atoms with Crippen LogP contribution < -0.4 is 10.9 Å². The molecule has 0 aliphatic carbocycles. The lowest BCUT2D eigenvalue weighted by atomic mass is 9.79. The molecule has 0 spiro atoms. The third-order valence-electron chi connectivity index (χ3n) is 3.25. The summed E-state index contributed by atoms with van der Waals surface area (Å²) in [5.41, 5.74) is 5.42. The van der Waals surface area contributed by atoms with Crippen LogP contribution in [0.15, 0.2) is 0 Å². The Morgan fingerprint density at radius 3 is 2.53 bits per heavy atom. The minimum atomic E-state index is -3.69. The van der Waals surface area contributed by atoms with Gasteiger partial charge in [-0.25, -0.2) is 5.14 Å². The van der Waals surface area contributed by atoms with Crippen LogP contribution in [0.1, 0.15) is 19.8 Å². The van der Waals surface area contributed by atoms with E-state index in [0.717, 1.165) is 0 Å². The lowest BCUT2D eigenvalue weighted by molar-refractivity contribution is 0.343. The van der Waals surface area contributed by atoms with E-state index in [1.807, 2.05) is 0 Å². The van der Waals surface area contributed by atoms with Crippen molar-refractivity contribution in [2.45, 2.75) is 31.6 Å². The van der Waals surface area contributed by atoms with Crippen LogP contribution in [0.4, 0.5) is 0 Å². The Bertz CT molecular complexity index is 360. The predicted molar refractivity (Wildman–Crippen MR) is 65.0 cm³/mol. The summed E-state index contributed by atoms with van der Waals surface area (Å²) in [6, 6.07) is 0. The summed E-state index contributed by atoms with van der Waals surface area (Å²) in [4.78, 5) is 0. The van der Waals surface area contributed by atoms with Crippen molar-refractivity contribution in [3.8, 4) is 0 Å². The van der Waals surface area contributed by atoms with Gasteiger partial charge in [0.05, 0.1) is 0 Å². The molecular formula is C8H20BN3O4S. The average molecular weight is 265 g/mol. The second-order valence-electron chi connectivity index (χ2n) is 4.95. The molecule has 0 saturated carbocycles. The van der Waals surface area contributed by atoms with Crippen molar-refractivity contribution in [3.63, 3.8) is 0 Å². The molecule has 0 bridgehead atoms. The topological polar surface area (TPSA) is 130 Å².